The molecule has 0 bridgehead atoms. The first-order valence-corrected chi connectivity index (χ1v) is 8.78. The molecule has 1 amide bonds. The maximum Gasteiger partial charge on any atom is 0.226 e. The molecule has 0 saturated carbocycles. The summed E-state index contributed by atoms with van der Waals surface area (Å²) in [5.74, 6) is 0.594. The van der Waals surface area contributed by atoms with Gasteiger partial charge < -0.3 is 16.0 Å². The summed E-state index contributed by atoms with van der Waals surface area (Å²) in [7, 11) is 1.69. The van der Waals surface area contributed by atoms with Crippen LogP contribution in [-0.4, -0.2) is 30.4 Å². The van der Waals surface area contributed by atoms with Crippen molar-refractivity contribution in [2.45, 2.75) is 19.9 Å². The van der Waals surface area contributed by atoms with Gasteiger partial charge in [0.2, 0.25) is 5.91 Å². The van der Waals surface area contributed by atoms with E-state index in [1.807, 2.05) is 43.3 Å². The van der Waals surface area contributed by atoms with E-state index in [0.717, 1.165) is 21.4 Å². The van der Waals surface area contributed by atoms with Gasteiger partial charge in [0.15, 0.2) is 5.96 Å². The summed E-state index contributed by atoms with van der Waals surface area (Å²) in [6, 6.07) is 11.5. The van der Waals surface area contributed by atoms with Crippen molar-refractivity contribution in [3.63, 3.8) is 0 Å². The smallest absolute Gasteiger partial charge is 0.226 e. The van der Waals surface area contributed by atoms with Gasteiger partial charge in [-0.25, -0.2) is 0 Å². The number of pyridine rings is 1. The maximum atomic E-state index is 12.1. The molecule has 1 aromatic heterocycles. The fourth-order valence-corrected chi connectivity index (χ4v) is 2.65. The normalized spacial score (nSPS) is 10.7. The molecule has 0 unspecified atom stereocenters. The largest absolute Gasteiger partial charge is 0.356 e. The van der Waals surface area contributed by atoms with Gasteiger partial charge in [-0.15, -0.1) is 24.0 Å². The van der Waals surface area contributed by atoms with Gasteiger partial charge in [0.05, 0.1) is 12.2 Å². The number of halogens is 2. The number of amides is 1. The molecular weight excluding hydrogens is 509 g/mol. The molecule has 1 aromatic carbocycles. The van der Waals surface area contributed by atoms with Gasteiger partial charge >= 0.3 is 0 Å². The lowest BCUT2D eigenvalue weighted by Gasteiger charge is -2.12. The van der Waals surface area contributed by atoms with Crippen LogP contribution in [-0.2, 0) is 11.3 Å². The topological polar surface area (TPSA) is 78.4 Å². The van der Waals surface area contributed by atoms with Crippen LogP contribution >= 0.6 is 39.9 Å². The molecule has 0 atom stereocenters. The lowest BCUT2D eigenvalue weighted by molar-refractivity contribution is -0.116. The number of anilines is 1. The maximum absolute atomic E-state index is 12.1. The number of aryl methyl sites for hydroxylation is 1. The van der Waals surface area contributed by atoms with Crippen molar-refractivity contribution in [2.75, 3.05) is 18.9 Å². The second-order valence-electron chi connectivity index (χ2n) is 5.43. The predicted octanol–water partition coefficient (Wildman–Crippen LogP) is 3.46. The molecule has 0 aliphatic rings. The van der Waals surface area contributed by atoms with Crippen LogP contribution in [0.4, 0.5) is 5.69 Å². The molecule has 2 rings (SSSR count). The van der Waals surface area contributed by atoms with E-state index in [1.165, 1.54) is 0 Å². The van der Waals surface area contributed by atoms with Crippen LogP contribution in [0.2, 0.25) is 0 Å². The van der Waals surface area contributed by atoms with E-state index in [2.05, 4.69) is 41.9 Å². The quantitative estimate of drug-likeness (QED) is 0.303. The number of guanidine groups is 1. The Morgan fingerprint density at radius 3 is 2.69 bits per heavy atom. The van der Waals surface area contributed by atoms with Crippen molar-refractivity contribution in [3.05, 3.63) is 58.3 Å². The monoisotopic (exact) mass is 531 g/mol. The van der Waals surface area contributed by atoms with E-state index in [0.29, 0.717) is 25.5 Å². The molecule has 3 N–H and O–H groups in total. The van der Waals surface area contributed by atoms with Gasteiger partial charge in [0, 0.05) is 36.4 Å². The molecule has 2 aromatic rings. The van der Waals surface area contributed by atoms with Gasteiger partial charge in [-0.05, 0) is 42.8 Å². The summed E-state index contributed by atoms with van der Waals surface area (Å²) in [5, 5.41) is 9.20. The fraction of sp³-hybridized carbons (Fsp3) is 0.278. The number of hydrogen-bond donors (Lipinski definition) is 3. The molecule has 0 fully saturated rings. The molecular formula is C18H23BrIN5O. The van der Waals surface area contributed by atoms with Crippen LogP contribution in [0, 0.1) is 6.92 Å². The molecule has 26 heavy (non-hydrogen) atoms. The fourth-order valence-electron chi connectivity index (χ4n) is 2.17. The molecule has 0 radical (unpaired) electrons. The van der Waals surface area contributed by atoms with Gasteiger partial charge in [-0.3, -0.25) is 14.8 Å². The van der Waals surface area contributed by atoms with Crippen LogP contribution in [0.15, 0.2) is 52.1 Å². The Balaban J connectivity index is 0.00000338. The van der Waals surface area contributed by atoms with E-state index >= 15 is 0 Å². The minimum Gasteiger partial charge on any atom is -0.356 e. The second kappa shape index (κ2) is 11.8. The van der Waals surface area contributed by atoms with Crippen molar-refractivity contribution in [1.82, 2.24) is 15.6 Å². The third-order valence-corrected chi connectivity index (χ3v) is 3.99. The SMILES string of the molecule is CN=C(NCCC(=O)Nc1ccc(Br)cc1C)NCc1ccccn1.I. The van der Waals surface area contributed by atoms with E-state index in [-0.39, 0.29) is 29.9 Å². The summed E-state index contributed by atoms with van der Waals surface area (Å²) in [4.78, 5) is 20.4. The molecule has 140 valence electrons. The molecule has 0 saturated heterocycles. The number of benzene rings is 1. The van der Waals surface area contributed by atoms with Crippen molar-refractivity contribution < 1.29 is 4.79 Å². The summed E-state index contributed by atoms with van der Waals surface area (Å²) < 4.78 is 0.993. The Hall–Kier alpha value is -1.68. The molecule has 0 aliphatic heterocycles. The van der Waals surface area contributed by atoms with Crippen molar-refractivity contribution >= 4 is 57.5 Å². The number of rotatable bonds is 6. The van der Waals surface area contributed by atoms with Crippen molar-refractivity contribution in [2.24, 2.45) is 4.99 Å². The standard InChI is InChI=1S/C18H22BrN5O.HI/c1-13-11-14(19)6-7-16(13)24-17(25)8-10-22-18(20-2)23-12-15-5-3-4-9-21-15;/h3-7,9,11H,8,10,12H2,1-2H3,(H,24,25)(H2,20,22,23);1H. The van der Waals surface area contributed by atoms with Crippen LogP contribution in [0.5, 0.6) is 0 Å². The second-order valence-corrected chi connectivity index (χ2v) is 6.35. The Morgan fingerprint density at radius 1 is 1.23 bits per heavy atom. The third kappa shape index (κ3) is 7.69. The van der Waals surface area contributed by atoms with Gasteiger partial charge in [-0.1, -0.05) is 22.0 Å². The average molecular weight is 532 g/mol. The Morgan fingerprint density at radius 2 is 2.04 bits per heavy atom. The molecule has 8 heteroatoms. The molecule has 0 aliphatic carbocycles. The zero-order chi connectivity index (χ0) is 18.1. The van der Waals surface area contributed by atoms with E-state index in [1.54, 1.807) is 13.2 Å². The average Bonchev–Trinajstić information content (AvgIpc) is 2.61. The van der Waals surface area contributed by atoms with Gasteiger partial charge in [-0.2, -0.15) is 0 Å². The number of hydrogen-bond acceptors (Lipinski definition) is 3. The lowest BCUT2D eigenvalue weighted by Crippen LogP contribution is -2.38. The van der Waals surface area contributed by atoms with E-state index in [9.17, 15) is 4.79 Å². The minimum atomic E-state index is -0.0434. The van der Waals surface area contributed by atoms with Crippen LogP contribution < -0.4 is 16.0 Å². The summed E-state index contributed by atoms with van der Waals surface area (Å²) in [5.41, 5.74) is 2.77. The van der Waals surface area contributed by atoms with Crippen LogP contribution in [0.1, 0.15) is 17.7 Å². The third-order valence-electron chi connectivity index (χ3n) is 3.49. The highest BCUT2D eigenvalue weighted by Crippen LogP contribution is 2.19. The Labute approximate surface area is 179 Å². The molecule has 0 spiro atoms. The highest BCUT2D eigenvalue weighted by Gasteiger charge is 2.06. The summed E-state index contributed by atoms with van der Waals surface area (Å²) in [6.45, 7) is 3.02. The molecule has 1 heterocycles. The zero-order valence-corrected chi connectivity index (χ0v) is 18.7. The van der Waals surface area contributed by atoms with Crippen molar-refractivity contribution in [1.29, 1.82) is 0 Å². The lowest BCUT2D eigenvalue weighted by atomic mass is 10.2. The van der Waals surface area contributed by atoms with Gasteiger partial charge in [0.25, 0.3) is 0 Å². The highest BCUT2D eigenvalue weighted by atomic mass is 127. The van der Waals surface area contributed by atoms with Crippen LogP contribution in [0.25, 0.3) is 0 Å². The van der Waals surface area contributed by atoms with Crippen molar-refractivity contribution in [3.8, 4) is 0 Å². The highest BCUT2D eigenvalue weighted by molar-refractivity contribution is 14.0. The van der Waals surface area contributed by atoms with E-state index in [4.69, 9.17) is 0 Å². The first-order valence-electron chi connectivity index (χ1n) is 7.99. The number of nitrogens with zero attached hydrogens (tertiary/aromatic N) is 2. The first-order chi connectivity index (χ1) is 12.1. The number of nitrogens with one attached hydrogen (secondary N) is 3. The number of aliphatic imine (C=N–C) groups is 1. The summed E-state index contributed by atoms with van der Waals surface area (Å²) >= 11 is 3.41. The zero-order valence-electron chi connectivity index (χ0n) is 14.8. The van der Waals surface area contributed by atoms with Gasteiger partial charge in [0.1, 0.15) is 0 Å². The number of aromatic nitrogens is 1. The predicted molar refractivity (Wildman–Crippen MR) is 120 cm³/mol. The number of carbonyl (C=O) groups is 1. The molecule has 6 nitrogen and oxygen atoms in total. The minimum absolute atomic E-state index is 0. The Bertz CT molecular complexity index is 740. The van der Waals surface area contributed by atoms with E-state index < -0.39 is 0 Å². The number of carbonyl (C=O) groups excluding carboxylic acids is 1. The Kier molecular flexibility index (Phi) is 10.2. The first kappa shape index (κ1) is 22.4. The summed E-state index contributed by atoms with van der Waals surface area (Å²) in [6.07, 6.45) is 2.10. The van der Waals surface area contributed by atoms with Crippen LogP contribution in [0.3, 0.4) is 0 Å².